The third-order valence-electron chi connectivity index (χ3n) is 5.61. The number of benzene rings is 1. The van der Waals surface area contributed by atoms with Crippen LogP contribution in [0.3, 0.4) is 0 Å². The molecule has 25 heavy (non-hydrogen) atoms. The minimum atomic E-state index is -0.351. The summed E-state index contributed by atoms with van der Waals surface area (Å²) in [5.74, 6) is -0.351. The van der Waals surface area contributed by atoms with Crippen molar-refractivity contribution in [2.45, 2.75) is 19.4 Å². The second-order valence-corrected chi connectivity index (χ2v) is 7.41. The van der Waals surface area contributed by atoms with E-state index in [0.29, 0.717) is 16.6 Å². The second kappa shape index (κ2) is 7.06. The third kappa shape index (κ3) is 3.33. The molecule has 0 N–H and O–H groups in total. The first-order chi connectivity index (χ1) is 12.2. The van der Waals surface area contributed by atoms with Gasteiger partial charge in [0.15, 0.2) is 5.82 Å². The summed E-state index contributed by atoms with van der Waals surface area (Å²) in [6.07, 6.45) is 2.85. The lowest BCUT2D eigenvalue weighted by Gasteiger charge is -2.37. The van der Waals surface area contributed by atoms with Crippen LogP contribution in [-0.4, -0.2) is 66.6 Å². The number of fused-ring (bicyclic) bond motifs is 1. The Bertz CT molecular complexity index is 760. The van der Waals surface area contributed by atoms with E-state index in [1.54, 1.807) is 6.20 Å². The summed E-state index contributed by atoms with van der Waals surface area (Å²) >= 11 is 6.08. The normalized spacial score (nSPS) is 22.8. The van der Waals surface area contributed by atoms with E-state index in [-0.39, 0.29) is 5.82 Å². The third-order valence-corrected chi connectivity index (χ3v) is 5.83. The molecule has 0 amide bonds. The summed E-state index contributed by atoms with van der Waals surface area (Å²) in [6.45, 7) is 9.95. The number of likely N-dealkylation sites (N-methyl/N-ethyl adjacent to an activating group) is 1. The fourth-order valence-corrected chi connectivity index (χ4v) is 4.35. The summed E-state index contributed by atoms with van der Waals surface area (Å²) in [5, 5.41) is 1.23. The van der Waals surface area contributed by atoms with Gasteiger partial charge < -0.3 is 9.80 Å². The molecule has 2 fully saturated rings. The van der Waals surface area contributed by atoms with Crippen LogP contribution in [-0.2, 0) is 0 Å². The number of aromatic nitrogens is 1. The number of anilines is 1. The molecule has 6 heteroatoms. The Kier molecular flexibility index (Phi) is 4.80. The molecule has 1 aromatic heterocycles. The summed E-state index contributed by atoms with van der Waals surface area (Å²) in [6, 6.07) is 5.72. The van der Waals surface area contributed by atoms with Crippen molar-refractivity contribution < 1.29 is 4.39 Å². The number of nitrogens with zero attached hydrogens (tertiary/aromatic N) is 4. The van der Waals surface area contributed by atoms with Crippen LogP contribution in [0.4, 0.5) is 10.1 Å². The topological polar surface area (TPSA) is 22.6 Å². The van der Waals surface area contributed by atoms with Gasteiger partial charge in [-0.3, -0.25) is 9.88 Å². The van der Waals surface area contributed by atoms with Gasteiger partial charge in [0.2, 0.25) is 0 Å². The predicted molar refractivity (Wildman–Crippen MR) is 101 cm³/mol. The Balaban J connectivity index is 1.53. The average molecular weight is 363 g/mol. The molecule has 134 valence electrons. The van der Waals surface area contributed by atoms with Gasteiger partial charge in [-0.05, 0) is 31.2 Å². The van der Waals surface area contributed by atoms with Gasteiger partial charge in [-0.15, -0.1) is 0 Å². The largest absolute Gasteiger partial charge is 0.369 e. The van der Waals surface area contributed by atoms with E-state index in [0.717, 1.165) is 63.3 Å². The molecule has 3 heterocycles. The van der Waals surface area contributed by atoms with E-state index in [1.165, 1.54) is 6.07 Å². The van der Waals surface area contributed by atoms with E-state index < -0.39 is 0 Å². The van der Waals surface area contributed by atoms with Gasteiger partial charge in [0.1, 0.15) is 5.52 Å². The number of pyridine rings is 1. The zero-order valence-electron chi connectivity index (χ0n) is 14.6. The summed E-state index contributed by atoms with van der Waals surface area (Å²) in [4.78, 5) is 11.7. The zero-order chi connectivity index (χ0) is 17.4. The molecule has 2 aliphatic rings. The molecule has 2 aliphatic heterocycles. The van der Waals surface area contributed by atoms with E-state index >= 15 is 0 Å². The summed E-state index contributed by atoms with van der Waals surface area (Å²) in [5.41, 5.74) is 1.45. The molecule has 0 radical (unpaired) electrons. The fourth-order valence-electron chi connectivity index (χ4n) is 4.14. The number of hydrogen-bond donors (Lipinski definition) is 0. The maximum atomic E-state index is 14.2. The SMILES string of the molecule is CCN1CCN(C2CCN(c3ccnc4c(F)cc(Cl)cc34)C2)CC1. The summed E-state index contributed by atoms with van der Waals surface area (Å²) < 4.78 is 14.2. The van der Waals surface area contributed by atoms with Crippen molar-refractivity contribution in [1.29, 1.82) is 0 Å². The lowest BCUT2D eigenvalue weighted by molar-refractivity contribution is 0.107. The van der Waals surface area contributed by atoms with Crippen LogP contribution in [0.5, 0.6) is 0 Å². The van der Waals surface area contributed by atoms with Crippen LogP contribution < -0.4 is 4.90 Å². The van der Waals surface area contributed by atoms with Crippen LogP contribution in [0.1, 0.15) is 13.3 Å². The lowest BCUT2D eigenvalue weighted by atomic mass is 10.1. The minimum absolute atomic E-state index is 0.351. The average Bonchev–Trinajstić information content (AvgIpc) is 3.11. The molecule has 0 bridgehead atoms. The standard InChI is InChI=1S/C19H24ClFN4/c1-2-23-7-9-24(10-8-23)15-4-6-25(13-15)18-3-5-22-19-16(18)11-14(20)12-17(19)21/h3,5,11-12,15H,2,4,6-10,13H2,1H3. The Labute approximate surface area is 153 Å². The Hall–Kier alpha value is -1.43. The molecule has 1 atom stereocenters. The van der Waals surface area contributed by atoms with Crippen LogP contribution in [0, 0.1) is 5.82 Å². The van der Waals surface area contributed by atoms with Crippen molar-refractivity contribution in [3.8, 4) is 0 Å². The van der Waals surface area contributed by atoms with Gasteiger partial charge in [-0.2, -0.15) is 0 Å². The molecular weight excluding hydrogens is 339 g/mol. The molecule has 0 saturated carbocycles. The minimum Gasteiger partial charge on any atom is -0.369 e. The van der Waals surface area contributed by atoms with Gasteiger partial charge in [-0.1, -0.05) is 18.5 Å². The molecule has 2 saturated heterocycles. The first kappa shape index (κ1) is 17.0. The Morgan fingerprint density at radius 2 is 2.00 bits per heavy atom. The molecule has 2 aromatic rings. The Morgan fingerprint density at radius 3 is 2.76 bits per heavy atom. The van der Waals surface area contributed by atoms with Crippen LogP contribution in [0.15, 0.2) is 24.4 Å². The highest BCUT2D eigenvalue weighted by Gasteiger charge is 2.30. The highest BCUT2D eigenvalue weighted by Crippen LogP contribution is 2.32. The molecule has 4 nitrogen and oxygen atoms in total. The van der Waals surface area contributed by atoms with E-state index in [9.17, 15) is 4.39 Å². The molecule has 0 aliphatic carbocycles. The maximum Gasteiger partial charge on any atom is 0.150 e. The van der Waals surface area contributed by atoms with Crippen molar-refractivity contribution in [3.63, 3.8) is 0 Å². The quantitative estimate of drug-likeness (QED) is 0.836. The molecule has 1 aromatic carbocycles. The first-order valence-electron chi connectivity index (χ1n) is 9.11. The first-order valence-corrected chi connectivity index (χ1v) is 9.48. The van der Waals surface area contributed by atoms with Gasteiger partial charge in [0.25, 0.3) is 0 Å². The zero-order valence-corrected chi connectivity index (χ0v) is 15.3. The van der Waals surface area contributed by atoms with Crippen molar-refractivity contribution in [1.82, 2.24) is 14.8 Å². The number of halogens is 2. The molecular formula is C19H24ClFN4. The van der Waals surface area contributed by atoms with Crippen LogP contribution in [0.25, 0.3) is 10.9 Å². The van der Waals surface area contributed by atoms with Crippen LogP contribution in [0.2, 0.25) is 5.02 Å². The molecule has 4 rings (SSSR count). The second-order valence-electron chi connectivity index (χ2n) is 6.97. The highest BCUT2D eigenvalue weighted by molar-refractivity contribution is 6.31. The van der Waals surface area contributed by atoms with E-state index in [4.69, 9.17) is 11.6 Å². The van der Waals surface area contributed by atoms with Gasteiger partial charge in [0.05, 0.1) is 0 Å². The highest BCUT2D eigenvalue weighted by atomic mass is 35.5. The Morgan fingerprint density at radius 1 is 1.20 bits per heavy atom. The van der Waals surface area contributed by atoms with Crippen molar-refractivity contribution in [2.24, 2.45) is 0 Å². The van der Waals surface area contributed by atoms with Crippen molar-refractivity contribution in [2.75, 3.05) is 50.7 Å². The van der Waals surface area contributed by atoms with Gasteiger partial charge >= 0.3 is 0 Å². The number of hydrogen-bond acceptors (Lipinski definition) is 4. The molecule has 1 unspecified atom stereocenters. The number of piperazine rings is 1. The van der Waals surface area contributed by atoms with Gasteiger partial charge in [-0.25, -0.2) is 4.39 Å². The maximum absolute atomic E-state index is 14.2. The smallest absolute Gasteiger partial charge is 0.150 e. The fraction of sp³-hybridized carbons (Fsp3) is 0.526. The number of rotatable bonds is 3. The van der Waals surface area contributed by atoms with Gasteiger partial charge in [0, 0.05) is 67.6 Å². The predicted octanol–water partition coefficient (Wildman–Crippen LogP) is 3.24. The lowest BCUT2D eigenvalue weighted by Crippen LogP contribution is -2.50. The van der Waals surface area contributed by atoms with E-state index in [1.807, 2.05) is 12.1 Å². The molecule has 0 spiro atoms. The monoisotopic (exact) mass is 362 g/mol. The van der Waals surface area contributed by atoms with Crippen molar-refractivity contribution in [3.05, 3.63) is 35.2 Å². The van der Waals surface area contributed by atoms with Crippen molar-refractivity contribution >= 4 is 28.2 Å². The van der Waals surface area contributed by atoms with Crippen LogP contribution >= 0.6 is 11.6 Å². The van der Waals surface area contributed by atoms with E-state index in [2.05, 4.69) is 26.6 Å². The summed E-state index contributed by atoms with van der Waals surface area (Å²) in [7, 11) is 0.